The van der Waals surface area contributed by atoms with Gasteiger partial charge >= 0.3 is 0 Å². The zero-order valence-corrected chi connectivity index (χ0v) is 20.6. The van der Waals surface area contributed by atoms with E-state index in [2.05, 4.69) is 24.1 Å². The molecule has 2 fully saturated rings. The van der Waals surface area contributed by atoms with E-state index in [1.54, 1.807) is 12.1 Å². The minimum Gasteiger partial charge on any atom is -0.379 e. The maximum atomic E-state index is 13.4. The number of nitrogens with zero attached hydrogens (tertiary/aromatic N) is 2. The smallest absolute Gasteiger partial charge is 0.253 e. The lowest BCUT2D eigenvalue weighted by Crippen LogP contribution is -2.41. The summed E-state index contributed by atoms with van der Waals surface area (Å²) < 4.78 is 38.7. The van der Waals surface area contributed by atoms with Crippen molar-refractivity contribution in [3.05, 3.63) is 59.7 Å². The van der Waals surface area contributed by atoms with Gasteiger partial charge in [0.25, 0.3) is 5.91 Å². The summed E-state index contributed by atoms with van der Waals surface area (Å²) >= 11 is 0. The standard InChI is InChI=1S/C25H33N3O5S/c1-25(2,20-6-4-3-5-7-20)19-26-24(29)22-18-21(34(30,31)28-12-16-33-17-13-28)8-9-23(22)27-10-14-32-15-11-27/h3-9,18H,10-17,19H2,1-2H3,(H,26,29). The number of carbonyl (C=O) groups excluding carboxylic acids is 1. The Morgan fingerprint density at radius 2 is 1.56 bits per heavy atom. The molecule has 2 aromatic carbocycles. The van der Waals surface area contributed by atoms with Crippen LogP contribution in [0, 0.1) is 0 Å². The summed E-state index contributed by atoms with van der Waals surface area (Å²) in [7, 11) is -3.72. The molecular formula is C25H33N3O5S. The van der Waals surface area contributed by atoms with Crippen molar-refractivity contribution in [1.82, 2.24) is 9.62 Å². The molecule has 2 aliphatic rings. The van der Waals surface area contributed by atoms with Crippen LogP contribution in [0.2, 0.25) is 0 Å². The van der Waals surface area contributed by atoms with Gasteiger partial charge in [-0.15, -0.1) is 0 Å². The molecule has 0 atom stereocenters. The molecule has 2 saturated heterocycles. The number of ether oxygens (including phenoxy) is 2. The Kier molecular flexibility index (Phi) is 7.57. The predicted octanol–water partition coefficient (Wildman–Crippen LogP) is 2.25. The zero-order valence-electron chi connectivity index (χ0n) is 19.8. The van der Waals surface area contributed by atoms with E-state index < -0.39 is 10.0 Å². The Morgan fingerprint density at radius 3 is 2.21 bits per heavy atom. The van der Waals surface area contributed by atoms with Gasteiger partial charge in [-0.2, -0.15) is 4.31 Å². The molecule has 4 rings (SSSR count). The second-order valence-electron chi connectivity index (χ2n) is 9.23. The molecule has 2 aromatic rings. The average Bonchev–Trinajstić information content (AvgIpc) is 2.88. The van der Waals surface area contributed by atoms with Gasteiger partial charge in [-0.25, -0.2) is 8.42 Å². The molecule has 0 bridgehead atoms. The van der Waals surface area contributed by atoms with Crippen molar-refractivity contribution < 1.29 is 22.7 Å². The van der Waals surface area contributed by atoms with Crippen LogP contribution >= 0.6 is 0 Å². The van der Waals surface area contributed by atoms with Crippen molar-refractivity contribution >= 4 is 21.6 Å². The summed E-state index contributed by atoms with van der Waals surface area (Å²) in [6.07, 6.45) is 0. The molecule has 8 nitrogen and oxygen atoms in total. The molecule has 34 heavy (non-hydrogen) atoms. The zero-order chi connectivity index (χ0) is 24.2. The topological polar surface area (TPSA) is 88.2 Å². The highest BCUT2D eigenvalue weighted by atomic mass is 32.2. The first-order chi connectivity index (χ1) is 16.3. The van der Waals surface area contributed by atoms with E-state index in [-0.39, 0.29) is 16.2 Å². The summed E-state index contributed by atoms with van der Waals surface area (Å²) in [5.74, 6) is -0.287. The van der Waals surface area contributed by atoms with Crippen LogP contribution in [0.25, 0.3) is 0 Å². The Hall–Kier alpha value is -2.46. The first-order valence-corrected chi connectivity index (χ1v) is 13.1. The summed E-state index contributed by atoms with van der Waals surface area (Å²) in [5, 5.41) is 3.05. The molecular weight excluding hydrogens is 454 g/mol. The van der Waals surface area contributed by atoms with Crippen molar-refractivity contribution in [2.45, 2.75) is 24.2 Å². The van der Waals surface area contributed by atoms with Gasteiger partial charge in [0.05, 0.1) is 36.9 Å². The molecule has 0 unspecified atom stereocenters. The van der Waals surface area contributed by atoms with Crippen LogP contribution in [-0.2, 0) is 24.9 Å². The summed E-state index contributed by atoms with van der Waals surface area (Å²) in [4.78, 5) is 15.6. The predicted molar refractivity (Wildman–Crippen MR) is 131 cm³/mol. The van der Waals surface area contributed by atoms with E-state index in [0.29, 0.717) is 64.7 Å². The Balaban J connectivity index is 1.62. The summed E-state index contributed by atoms with van der Waals surface area (Å²) in [6, 6.07) is 14.9. The van der Waals surface area contributed by atoms with Gasteiger partial charge in [0.2, 0.25) is 10.0 Å². The lowest BCUT2D eigenvalue weighted by Gasteiger charge is -2.31. The monoisotopic (exact) mass is 487 g/mol. The van der Waals surface area contributed by atoms with Gasteiger partial charge in [-0.1, -0.05) is 44.2 Å². The van der Waals surface area contributed by atoms with Crippen LogP contribution in [0.1, 0.15) is 29.8 Å². The Labute approximate surface area is 201 Å². The number of anilines is 1. The number of sulfonamides is 1. The maximum Gasteiger partial charge on any atom is 0.253 e. The second-order valence-corrected chi connectivity index (χ2v) is 11.2. The molecule has 0 aliphatic carbocycles. The van der Waals surface area contributed by atoms with Crippen molar-refractivity contribution in [3.63, 3.8) is 0 Å². The first-order valence-electron chi connectivity index (χ1n) is 11.7. The summed E-state index contributed by atoms with van der Waals surface area (Å²) in [6.45, 7) is 8.33. The number of hydrogen-bond acceptors (Lipinski definition) is 6. The van der Waals surface area contributed by atoms with Crippen LogP contribution in [0.3, 0.4) is 0 Å². The number of rotatable bonds is 7. The molecule has 0 aromatic heterocycles. The fourth-order valence-corrected chi connectivity index (χ4v) is 5.70. The normalized spacial score (nSPS) is 18.0. The number of benzene rings is 2. The third-order valence-electron chi connectivity index (χ3n) is 6.42. The third kappa shape index (κ3) is 5.43. The van der Waals surface area contributed by atoms with Crippen molar-refractivity contribution in [2.75, 3.05) is 64.1 Å². The summed E-state index contributed by atoms with van der Waals surface area (Å²) in [5.41, 5.74) is 1.92. The molecule has 184 valence electrons. The molecule has 0 saturated carbocycles. The van der Waals surface area contributed by atoms with Gasteiger partial charge in [-0.05, 0) is 23.8 Å². The minimum absolute atomic E-state index is 0.124. The maximum absolute atomic E-state index is 13.4. The number of carbonyl (C=O) groups is 1. The largest absolute Gasteiger partial charge is 0.379 e. The van der Waals surface area contributed by atoms with Crippen LogP contribution in [0.4, 0.5) is 5.69 Å². The average molecular weight is 488 g/mol. The minimum atomic E-state index is -3.72. The van der Waals surface area contributed by atoms with Crippen molar-refractivity contribution in [2.24, 2.45) is 0 Å². The molecule has 1 N–H and O–H groups in total. The van der Waals surface area contributed by atoms with Crippen LogP contribution in [0.5, 0.6) is 0 Å². The highest BCUT2D eigenvalue weighted by Crippen LogP contribution is 2.28. The van der Waals surface area contributed by atoms with E-state index >= 15 is 0 Å². The number of amides is 1. The van der Waals surface area contributed by atoms with Crippen molar-refractivity contribution in [3.8, 4) is 0 Å². The number of morpholine rings is 2. The van der Waals surface area contributed by atoms with Crippen LogP contribution < -0.4 is 10.2 Å². The van der Waals surface area contributed by atoms with Gasteiger partial charge in [0.15, 0.2) is 0 Å². The molecule has 0 spiro atoms. The SMILES string of the molecule is CC(C)(CNC(=O)c1cc(S(=O)(=O)N2CCOCC2)ccc1N1CCOCC1)c1ccccc1. The third-order valence-corrected chi connectivity index (χ3v) is 8.31. The molecule has 2 aliphatic heterocycles. The fourth-order valence-electron chi connectivity index (χ4n) is 4.26. The number of hydrogen-bond donors (Lipinski definition) is 1. The van der Waals surface area contributed by atoms with Gasteiger partial charge < -0.3 is 19.7 Å². The van der Waals surface area contributed by atoms with Crippen molar-refractivity contribution in [1.29, 1.82) is 0 Å². The quantitative estimate of drug-likeness (QED) is 0.645. The van der Waals surface area contributed by atoms with Gasteiger partial charge in [-0.3, -0.25) is 4.79 Å². The first kappa shape index (κ1) is 24.7. The number of nitrogens with one attached hydrogen (secondary N) is 1. The van der Waals surface area contributed by atoms with E-state index in [1.165, 1.54) is 10.4 Å². The highest BCUT2D eigenvalue weighted by Gasteiger charge is 2.29. The van der Waals surface area contributed by atoms with Crippen LogP contribution in [0.15, 0.2) is 53.4 Å². The molecule has 1 amide bonds. The Morgan fingerprint density at radius 1 is 0.941 bits per heavy atom. The van der Waals surface area contributed by atoms with Crippen LogP contribution in [-0.4, -0.2) is 77.8 Å². The fraction of sp³-hybridized carbons (Fsp3) is 0.480. The molecule has 9 heteroatoms. The van der Waals surface area contributed by atoms with E-state index in [4.69, 9.17) is 9.47 Å². The molecule has 0 radical (unpaired) electrons. The Bertz CT molecular complexity index is 1090. The highest BCUT2D eigenvalue weighted by molar-refractivity contribution is 7.89. The lowest BCUT2D eigenvalue weighted by molar-refractivity contribution is 0.0730. The second kappa shape index (κ2) is 10.4. The van der Waals surface area contributed by atoms with Gasteiger partial charge in [0.1, 0.15) is 0 Å². The lowest BCUT2D eigenvalue weighted by atomic mass is 9.84. The van der Waals surface area contributed by atoms with E-state index in [1.807, 2.05) is 30.3 Å². The van der Waals surface area contributed by atoms with Gasteiger partial charge in [0, 0.05) is 43.8 Å². The van der Waals surface area contributed by atoms with E-state index in [0.717, 1.165) is 11.3 Å². The van der Waals surface area contributed by atoms with E-state index in [9.17, 15) is 13.2 Å². The molecule has 2 heterocycles.